The molecule has 9 heteroatoms. The van der Waals surface area contributed by atoms with Crippen LogP contribution in [0.3, 0.4) is 0 Å². The normalized spacial score (nSPS) is 15.6. The van der Waals surface area contributed by atoms with Gasteiger partial charge in [0.25, 0.3) is 5.91 Å². The number of esters is 1. The Morgan fingerprint density at radius 1 is 1.05 bits per heavy atom. The van der Waals surface area contributed by atoms with Gasteiger partial charge in [-0.15, -0.1) is 0 Å². The third-order valence-electron chi connectivity index (χ3n) is 6.90. The van der Waals surface area contributed by atoms with E-state index >= 15 is 0 Å². The number of amides is 2. The van der Waals surface area contributed by atoms with Gasteiger partial charge in [0.05, 0.1) is 18.2 Å². The van der Waals surface area contributed by atoms with Gasteiger partial charge in [0.2, 0.25) is 5.91 Å². The number of benzene rings is 2. The van der Waals surface area contributed by atoms with Gasteiger partial charge in [0.15, 0.2) is 19.0 Å². The number of fused-ring (bicyclic) bond motifs is 1. The summed E-state index contributed by atoms with van der Waals surface area (Å²) >= 11 is 0. The second-order valence-corrected chi connectivity index (χ2v) is 9.79. The van der Waals surface area contributed by atoms with Crippen molar-refractivity contribution in [1.29, 1.82) is 0 Å². The summed E-state index contributed by atoms with van der Waals surface area (Å²) < 4.78 is 16.3. The molecule has 1 fully saturated rings. The molecule has 2 aromatic carbocycles. The van der Waals surface area contributed by atoms with Crippen molar-refractivity contribution < 1.29 is 33.4 Å². The molecule has 2 heterocycles. The second-order valence-electron chi connectivity index (χ2n) is 9.79. The number of anilines is 1. The predicted octanol–water partition coefficient (Wildman–Crippen LogP) is 3.60. The summed E-state index contributed by atoms with van der Waals surface area (Å²) in [7, 11) is 0. The Labute approximate surface area is 222 Å². The number of ether oxygens (including phenoxy) is 3. The van der Waals surface area contributed by atoms with Crippen LogP contribution < -0.4 is 14.4 Å². The molecule has 2 aromatic rings. The Bertz CT molecular complexity index is 1180. The lowest BCUT2D eigenvalue weighted by Gasteiger charge is -2.34. The minimum atomic E-state index is -0.363. The van der Waals surface area contributed by atoms with E-state index in [4.69, 9.17) is 14.2 Å². The summed E-state index contributed by atoms with van der Waals surface area (Å²) in [5.41, 5.74) is 1.91. The molecule has 0 N–H and O–H groups in total. The van der Waals surface area contributed by atoms with E-state index in [0.29, 0.717) is 61.2 Å². The number of carbonyl (C=O) groups excluding carboxylic acids is 4. The van der Waals surface area contributed by atoms with Gasteiger partial charge in [-0.1, -0.05) is 26.0 Å². The van der Waals surface area contributed by atoms with Crippen LogP contribution in [-0.4, -0.2) is 67.9 Å². The van der Waals surface area contributed by atoms with E-state index in [0.717, 1.165) is 0 Å². The highest BCUT2D eigenvalue weighted by Gasteiger charge is 2.32. The molecular weight excluding hydrogens is 488 g/mol. The Morgan fingerprint density at radius 2 is 1.76 bits per heavy atom. The van der Waals surface area contributed by atoms with E-state index in [9.17, 15) is 19.2 Å². The minimum Gasteiger partial charge on any atom is -0.485 e. The molecule has 202 valence electrons. The molecule has 1 saturated heterocycles. The van der Waals surface area contributed by atoms with Crippen LogP contribution in [0.2, 0.25) is 0 Å². The highest BCUT2D eigenvalue weighted by atomic mass is 16.5. The van der Waals surface area contributed by atoms with Gasteiger partial charge in [0.1, 0.15) is 18.0 Å². The SMILES string of the molecule is CCOC(=O)C1CCN(C(=O)CN2C(=O)COc3ccc(C(=O)COc4ccc(C(C)C)cc4)cc32)CC1. The van der Waals surface area contributed by atoms with Crippen LogP contribution in [0.1, 0.15) is 55.5 Å². The zero-order chi connectivity index (χ0) is 27.2. The van der Waals surface area contributed by atoms with Crippen LogP contribution in [0.15, 0.2) is 42.5 Å². The van der Waals surface area contributed by atoms with E-state index in [1.807, 2.05) is 24.3 Å². The predicted molar refractivity (Wildman–Crippen MR) is 141 cm³/mol. The van der Waals surface area contributed by atoms with Gasteiger partial charge in [-0.05, 0) is 61.6 Å². The Kier molecular flexibility index (Phi) is 8.66. The molecule has 38 heavy (non-hydrogen) atoms. The van der Waals surface area contributed by atoms with E-state index in [-0.39, 0.29) is 49.2 Å². The average Bonchev–Trinajstić information content (AvgIpc) is 2.93. The molecule has 0 spiro atoms. The summed E-state index contributed by atoms with van der Waals surface area (Å²) in [6, 6.07) is 12.5. The molecule has 0 atom stereocenters. The van der Waals surface area contributed by atoms with Gasteiger partial charge >= 0.3 is 5.97 Å². The van der Waals surface area contributed by atoms with E-state index in [2.05, 4.69) is 13.8 Å². The van der Waals surface area contributed by atoms with Crippen molar-refractivity contribution >= 4 is 29.3 Å². The van der Waals surface area contributed by atoms with Crippen LogP contribution in [0.4, 0.5) is 5.69 Å². The van der Waals surface area contributed by atoms with Gasteiger partial charge in [-0.2, -0.15) is 0 Å². The van der Waals surface area contributed by atoms with E-state index in [1.165, 1.54) is 10.5 Å². The highest BCUT2D eigenvalue weighted by Crippen LogP contribution is 2.33. The summed E-state index contributed by atoms with van der Waals surface area (Å²) in [5.74, 6) is 0.137. The number of Topliss-reactive ketones (excluding diaryl/α,β-unsaturated/α-hetero) is 1. The first-order chi connectivity index (χ1) is 18.3. The lowest BCUT2D eigenvalue weighted by atomic mass is 9.97. The number of ketones is 1. The number of nitrogens with zero attached hydrogens (tertiary/aromatic N) is 2. The fourth-order valence-corrected chi connectivity index (χ4v) is 4.59. The standard InChI is InChI=1S/C29H34N2O7/c1-4-36-29(35)21-11-13-30(14-12-21)27(33)16-31-24-15-22(7-10-26(24)38-18-28(31)34)25(32)17-37-23-8-5-20(6-9-23)19(2)3/h5-10,15,19,21H,4,11-14,16-18H2,1-3H3. The highest BCUT2D eigenvalue weighted by molar-refractivity contribution is 6.04. The first-order valence-electron chi connectivity index (χ1n) is 13.0. The number of piperidine rings is 1. The maximum absolute atomic E-state index is 13.1. The van der Waals surface area contributed by atoms with Crippen LogP contribution >= 0.6 is 0 Å². The van der Waals surface area contributed by atoms with E-state index < -0.39 is 0 Å². The lowest BCUT2D eigenvalue weighted by molar-refractivity contribution is -0.151. The first-order valence-corrected chi connectivity index (χ1v) is 13.0. The number of likely N-dealkylation sites (tertiary alicyclic amines) is 1. The molecule has 0 saturated carbocycles. The van der Waals surface area contributed by atoms with Crippen molar-refractivity contribution in [2.75, 3.05) is 44.4 Å². The average molecular weight is 523 g/mol. The van der Waals surface area contributed by atoms with Crippen molar-refractivity contribution in [3.8, 4) is 11.5 Å². The topological polar surface area (TPSA) is 102 Å². The van der Waals surface area contributed by atoms with Gasteiger partial charge in [-0.3, -0.25) is 24.1 Å². The number of hydrogen-bond donors (Lipinski definition) is 0. The van der Waals surface area contributed by atoms with Gasteiger partial charge < -0.3 is 19.1 Å². The molecule has 2 amide bonds. The summed E-state index contributed by atoms with van der Waals surface area (Å²) in [4.78, 5) is 53.7. The second kappa shape index (κ2) is 12.1. The summed E-state index contributed by atoms with van der Waals surface area (Å²) in [5, 5.41) is 0. The molecule has 0 bridgehead atoms. The maximum atomic E-state index is 13.1. The quantitative estimate of drug-likeness (QED) is 0.366. The molecule has 0 unspecified atom stereocenters. The maximum Gasteiger partial charge on any atom is 0.309 e. The van der Waals surface area contributed by atoms with Gasteiger partial charge in [0, 0.05) is 18.7 Å². The molecular formula is C29H34N2O7. The van der Waals surface area contributed by atoms with Crippen LogP contribution in [0, 0.1) is 5.92 Å². The van der Waals surface area contributed by atoms with Crippen LogP contribution in [0.25, 0.3) is 0 Å². The minimum absolute atomic E-state index is 0.164. The largest absolute Gasteiger partial charge is 0.485 e. The van der Waals surface area contributed by atoms with Crippen LogP contribution in [0.5, 0.6) is 11.5 Å². The number of rotatable bonds is 9. The lowest BCUT2D eigenvalue weighted by Crippen LogP contribution is -2.49. The zero-order valence-electron chi connectivity index (χ0n) is 22.1. The summed E-state index contributed by atoms with van der Waals surface area (Å²) in [6.07, 6.45) is 1.05. The first kappa shape index (κ1) is 27.2. The third-order valence-corrected chi connectivity index (χ3v) is 6.90. The molecule has 0 radical (unpaired) electrons. The molecule has 0 aromatic heterocycles. The monoisotopic (exact) mass is 522 g/mol. The van der Waals surface area contributed by atoms with Crippen molar-refractivity contribution in [1.82, 2.24) is 4.90 Å². The smallest absolute Gasteiger partial charge is 0.309 e. The summed E-state index contributed by atoms with van der Waals surface area (Å²) in [6.45, 7) is 6.63. The Balaban J connectivity index is 1.40. The third kappa shape index (κ3) is 6.33. The number of carbonyl (C=O) groups is 4. The Hall–Kier alpha value is -3.88. The molecule has 0 aliphatic carbocycles. The fraction of sp³-hybridized carbons (Fsp3) is 0.448. The van der Waals surface area contributed by atoms with Crippen molar-refractivity contribution in [3.05, 3.63) is 53.6 Å². The molecule has 9 nitrogen and oxygen atoms in total. The Morgan fingerprint density at radius 3 is 2.42 bits per heavy atom. The molecule has 2 aliphatic rings. The van der Waals surface area contributed by atoms with Crippen molar-refractivity contribution in [3.63, 3.8) is 0 Å². The zero-order valence-corrected chi connectivity index (χ0v) is 22.1. The fourth-order valence-electron chi connectivity index (χ4n) is 4.59. The molecule has 4 rings (SSSR count). The van der Waals surface area contributed by atoms with Gasteiger partial charge in [-0.25, -0.2) is 0 Å². The van der Waals surface area contributed by atoms with Crippen molar-refractivity contribution in [2.45, 2.75) is 39.5 Å². The molecule has 2 aliphatic heterocycles. The number of hydrogen-bond acceptors (Lipinski definition) is 7. The van der Waals surface area contributed by atoms with Crippen molar-refractivity contribution in [2.24, 2.45) is 5.92 Å². The van der Waals surface area contributed by atoms with E-state index in [1.54, 1.807) is 30.0 Å². The van der Waals surface area contributed by atoms with Crippen LogP contribution in [-0.2, 0) is 19.1 Å².